The summed E-state index contributed by atoms with van der Waals surface area (Å²) in [5, 5.41) is 1.88. The molecule has 0 atom stereocenters. The van der Waals surface area contributed by atoms with Gasteiger partial charge in [-0.15, -0.1) is 11.3 Å². The van der Waals surface area contributed by atoms with Gasteiger partial charge >= 0.3 is 0 Å². The van der Waals surface area contributed by atoms with Crippen LogP contribution in [0, 0.1) is 0 Å². The summed E-state index contributed by atoms with van der Waals surface area (Å²) in [6.07, 6.45) is 0. The van der Waals surface area contributed by atoms with Crippen LogP contribution in [0.5, 0.6) is 0 Å². The van der Waals surface area contributed by atoms with Crippen molar-refractivity contribution in [1.29, 1.82) is 0 Å². The van der Waals surface area contributed by atoms with Crippen molar-refractivity contribution in [2.45, 2.75) is 6.54 Å². The molecule has 0 radical (unpaired) electrons. The van der Waals surface area contributed by atoms with Gasteiger partial charge in [-0.1, -0.05) is 33.3 Å². The lowest BCUT2D eigenvalue weighted by molar-refractivity contribution is 0.100. The number of hydrogen-bond donors (Lipinski definition) is 0. The fourth-order valence-corrected chi connectivity index (χ4v) is 4.29. The number of amides is 1. The van der Waals surface area contributed by atoms with Crippen LogP contribution in [0.1, 0.15) is 9.67 Å². The summed E-state index contributed by atoms with van der Waals surface area (Å²) in [7, 11) is 1.67. The third-order valence-corrected chi connectivity index (χ3v) is 5.49. The Hall–Kier alpha value is -1.28. The highest BCUT2D eigenvalue weighted by atomic mass is 79.9. The smallest absolute Gasteiger partial charge is 0.289 e. The van der Waals surface area contributed by atoms with Crippen molar-refractivity contribution in [2.75, 3.05) is 13.7 Å². The standard InChI is InChI=1S/C15H13BrN2O2S2/c1-20-7-6-18-11-5-4-10(16)9-13(11)22-15(18)17-14(19)12-3-2-8-21-12/h2-5,8-9H,6-7H2,1H3. The molecule has 0 aliphatic carbocycles. The van der Waals surface area contributed by atoms with Crippen LogP contribution in [0.15, 0.2) is 45.2 Å². The van der Waals surface area contributed by atoms with E-state index in [-0.39, 0.29) is 5.91 Å². The van der Waals surface area contributed by atoms with E-state index in [9.17, 15) is 4.79 Å². The summed E-state index contributed by atoms with van der Waals surface area (Å²) in [5.41, 5.74) is 1.06. The van der Waals surface area contributed by atoms with Crippen molar-refractivity contribution < 1.29 is 9.53 Å². The van der Waals surface area contributed by atoms with Gasteiger partial charge in [-0.3, -0.25) is 4.79 Å². The highest BCUT2D eigenvalue weighted by molar-refractivity contribution is 9.10. The first kappa shape index (κ1) is 15.6. The van der Waals surface area contributed by atoms with E-state index in [0.717, 1.165) is 14.7 Å². The maximum atomic E-state index is 12.2. The van der Waals surface area contributed by atoms with Crippen molar-refractivity contribution in [1.82, 2.24) is 4.57 Å². The molecule has 0 aliphatic rings. The summed E-state index contributed by atoms with van der Waals surface area (Å²) in [6.45, 7) is 1.23. The zero-order chi connectivity index (χ0) is 15.5. The number of nitrogens with zero attached hydrogens (tertiary/aromatic N) is 2. The lowest BCUT2D eigenvalue weighted by Gasteiger charge is -2.04. The third-order valence-electron chi connectivity index (χ3n) is 3.09. The Morgan fingerprint density at radius 3 is 3.00 bits per heavy atom. The number of benzene rings is 1. The van der Waals surface area contributed by atoms with Crippen molar-refractivity contribution >= 4 is 54.7 Å². The van der Waals surface area contributed by atoms with E-state index in [1.54, 1.807) is 13.2 Å². The van der Waals surface area contributed by atoms with Gasteiger partial charge in [-0.2, -0.15) is 4.99 Å². The normalized spacial score (nSPS) is 12.2. The van der Waals surface area contributed by atoms with Crippen molar-refractivity contribution in [3.05, 3.63) is 49.9 Å². The molecular formula is C15H13BrN2O2S2. The second kappa shape index (κ2) is 6.87. The fourth-order valence-electron chi connectivity index (χ4n) is 2.07. The topological polar surface area (TPSA) is 43.6 Å². The number of carbonyl (C=O) groups is 1. The summed E-state index contributed by atoms with van der Waals surface area (Å²) < 4.78 is 9.30. The van der Waals surface area contributed by atoms with E-state index in [1.807, 2.05) is 34.2 Å². The lowest BCUT2D eigenvalue weighted by Crippen LogP contribution is -2.19. The molecule has 0 N–H and O–H groups in total. The SMILES string of the molecule is COCCn1c(=NC(=O)c2cccs2)sc2cc(Br)ccc21. The van der Waals surface area contributed by atoms with E-state index < -0.39 is 0 Å². The van der Waals surface area contributed by atoms with Gasteiger partial charge in [0.05, 0.1) is 21.7 Å². The molecule has 0 unspecified atom stereocenters. The van der Waals surface area contributed by atoms with Gasteiger partial charge in [0, 0.05) is 18.1 Å². The monoisotopic (exact) mass is 396 g/mol. The molecule has 22 heavy (non-hydrogen) atoms. The minimum atomic E-state index is -0.202. The number of methoxy groups -OCH3 is 1. The van der Waals surface area contributed by atoms with Gasteiger partial charge in [0.25, 0.3) is 5.91 Å². The van der Waals surface area contributed by atoms with Crippen LogP contribution in [0.25, 0.3) is 10.2 Å². The molecule has 2 aromatic heterocycles. The minimum absolute atomic E-state index is 0.202. The van der Waals surface area contributed by atoms with Gasteiger partial charge in [-0.25, -0.2) is 0 Å². The Labute approximate surface area is 143 Å². The molecule has 7 heteroatoms. The molecule has 4 nitrogen and oxygen atoms in total. The zero-order valence-corrected chi connectivity index (χ0v) is 15.0. The molecule has 0 saturated carbocycles. The maximum absolute atomic E-state index is 12.2. The average molecular weight is 397 g/mol. The maximum Gasteiger partial charge on any atom is 0.289 e. The van der Waals surface area contributed by atoms with E-state index in [2.05, 4.69) is 20.9 Å². The first-order valence-corrected chi connectivity index (χ1v) is 9.08. The highest BCUT2D eigenvalue weighted by Crippen LogP contribution is 2.22. The molecule has 114 valence electrons. The zero-order valence-electron chi connectivity index (χ0n) is 11.8. The number of thiazole rings is 1. The van der Waals surface area contributed by atoms with Gasteiger partial charge in [0.2, 0.25) is 0 Å². The molecule has 2 heterocycles. The fraction of sp³-hybridized carbons (Fsp3) is 0.200. The Bertz CT molecular complexity index is 865. The summed E-state index contributed by atoms with van der Waals surface area (Å²) >= 11 is 6.39. The van der Waals surface area contributed by atoms with E-state index in [1.165, 1.54) is 22.7 Å². The van der Waals surface area contributed by atoms with Crippen LogP contribution in [0.3, 0.4) is 0 Å². The third kappa shape index (κ3) is 3.22. The molecule has 3 aromatic rings. The van der Waals surface area contributed by atoms with Crippen LogP contribution < -0.4 is 4.80 Å². The summed E-state index contributed by atoms with van der Waals surface area (Å²) in [4.78, 5) is 17.9. The van der Waals surface area contributed by atoms with Crippen LogP contribution in [-0.4, -0.2) is 24.2 Å². The van der Waals surface area contributed by atoms with Crippen molar-refractivity contribution in [2.24, 2.45) is 4.99 Å². The molecule has 3 rings (SSSR count). The molecule has 0 fully saturated rings. The molecular weight excluding hydrogens is 384 g/mol. The van der Waals surface area contributed by atoms with Crippen LogP contribution in [0.4, 0.5) is 0 Å². The summed E-state index contributed by atoms with van der Waals surface area (Å²) in [5.74, 6) is -0.202. The lowest BCUT2D eigenvalue weighted by atomic mass is 10.3. The number of carbonyl (C=O) groups excluding carboxylic acids is 1. The second-order valence-electron chi connectivity index (χ2n) is 4.54. The Morgan fingerprint density at radius 2 is 2.27 bits per heavy atom. The number of thiophene rings is 1. The molecule has 0 bridgehead atoms. The Morgan fingerprint density at radius 1 is 1.41 bits per heavy atom. The number of fused-ring (bicyclic) bond motifs is 1. The number of hydrogen-bond acceptors (Lipinski definition) is 4. The number of halogens is 1. The Balaban J connectivity index is 2.12. The summed E-state index contributed by atoms with van der Waals surface area (Å²) in [6, 6.07) is 9.70. The molecule has 0 spiro atoms. The van der Waals surface area contributed by atoms with Crippen molar-refractivity contribution in [3.63, 3.8) is 0 Å². The Kier molecular flexibility index (Phi) is 4.87. The molecule has 0 saturated heterocycles. The van der Waals surface area contributed by atoms with Crippen LogP contribution in [0.2, 0.25) is 0 Å². The number of rotatable bonds is 4. The predicted octanol–water partition coefficient (Wildman–Crippen LogP) is 3.91. The first-order chi connectivity index (χ1) is 10.7. The average Bonchev–Trinajstić information content (AvgIpc) is 3.12. The van der Waals surface area contributed by atoms with Gasteiger partial charge in [-0.05, 0) is 29.6 Å². The number of ether oxygens (including phenoxy) is 1. The highest BCUT2D eigenvalue weighted by Gasteiger charge is 2.10. The van der Waals surface area contributed by atoms with Crippen LogP contribution in [-0.2, 0) is 11.3 Å². The van der Waals surface area contributed by atoms with Crippen molar-refractivity contribution in [3.8, 4) is 0 Å². The molecule has 1 aromatic carbocycles. The second-order valence-corrected chi connectivity index (χ2v) is 7.41. The quantitative estimate of drug-likeness (QED) is 0.670. The molecule has 1 amide bonds. The van der Waals surface area contributed by atoms with Crippen LogP contribution >= 0.6 is 38.6 Å². The van der Waals surface area contributed by atoms with E-state index >= 15 is 0 Å². The van der Waals surface area contributed by atoms with Gasteiger partial charge < -0.3 is 9.30 Å². The van der Waals surface area contributed by atoms with E-state index in [4.69, 9.17) is 4.74 Å². The number of aromatic nitrogens is 1. The predicted molar refractivity (Wildman–Crippen MR) is 93.6 cm³/mol. The van der Waals surface area contributed by atoms with E-state index in [0.29, 0.717) is 22.8 Å². The van der Waals surface area contributed by atoms with Gasteiger partial charge in [0.15, 0.2) is 4.80 Å². The first-order valence-electron chi connectivity index (χ1n) is 6.59. The van der Waals surface area contributed by atoms with Gasteiger partial charge in [0.1, 0.15) is 0 Å². The minimum Gasteiger partial charge on any atom is -0.383 e. The molecule has 0 aliphatic heterocycles. The largest absolute Gasteiger partial charge is 0.383 e.